The van der Waals surface area contributed by atoms with Crippen LogP contribution in [0.2, 0.25) is 5.02 Å². The number of nitrogens with one attached hydrogen (secondary N) is 1. The van der Waals surface area contributed by atoms with Gasteiger partial charge in [-0.25, -0.2) is 0 Å². The normalized spacial score (nSPS) is 19.8. The Hall–Kier alpha value is -2.34. The molecule has 1 saturated heterocycles. The summed E-state index contributed by atoms with van der Waals surface area (Å²) in [6.45, 7) is 1.43. The molecule has 0 saturated carbocycles. The molecule has 1 N–H and O–H groups in total. The van der Waals surface area contributed by atoms with Crippen molar-refractivity contribution in [1.82, 2.24) is 5.32 Å². The van der Waals surface area contributed by atoms with Crippen LogP contribution in [0.4, 0.5) is 0 Å². The minimum atomic E-state index is -0.921. The highest BCUT2D eigenvalue weighted by molar-refractivity contribution is 6.30. The third kappa shape index (κ3) is 4.16. The van der Waals surface area contributed by atoms with Crippen LogP contribution in [0.3, 0.4) is 0 Å². The van der Waals surface area contributed by atoms with Gasteiger partial charge in [-0.2, -0.15) is 0 Å². The quantitative estimate of drug-likeness (QED) is 0.769. The number of halogens is 1. The number of hydrogen-bond acceptors (Lipinski definition) is 5. The summed E-state index contributed by atoms with van der Waals surface area (Å²) in [5.74, 6) is 1.17. The third-order valence-corrected chi connectivity index (χ3v) is 4.84. The van der Waals surface area contributed by atoms with E-state index in [9.17, 15) is 4.79 Å². The summed E-state index contributed by atoms with van der Waals surface area (Å²) >= 11 is 6.00. The van der Waals surface area contributed by atoms with E-state index in [1.807, 2.05) is 24.3 Å². The second-order valence-electron chi connectivity index (χ2n) is 6.20. The summed E-state index contributed by atoms with van der Waals surface area (Å²) in [6.07, 6.45) is 3.33. The SMILES string of the molecule is COc1ccc(C=CC(=O)C2(c3ccc(Cl)cc3)COCCN2)cc1OC. The Kier molecular flexibility index (Phi) is 6.16. The molecule has 1 aliphatic heterocycles. The monoisotopic (exact) mass is 387 g/mol. The standard InChI is InChI=1S/C21H22ClNO4/c1-25-18-9-3-15(13-19(18)26-2)4-10-20(24)21(14-27-12-11-23-21)16-5-7-17(22)8-6-16/h3-10,13,23H,11-12,14H2,1-2H3. The largest absolute Gasteiger partial charge is 0.493 e. The Morgan fingerprint density at radius 3 is 2.52 bits per heavy atom. The number of benzene rings is 2. The molecule has 0 bridgehead atoms. The molecule has 1 fully saturated rings. The highest BCUT2D eigenvalue weighted by Gasteiger charge is 2.40. The fraction of sp³-hybridized carbons (Fsp3) is 0.286. The molecule has 1 heterocycles. The Labute approximate surface area is 163 Å². The average molecular weight is 388 g/mol. The highest BCUT2D eigenvalue weighted by atomic mass is 35.5. The van der Waals surface area contributed by atoms with Gasteiger partial charge >= 0.3 is 0 Å². The Morgan fingerprint density at radius 1 is 1.15 bits per heavy atom. The van der Waals surface area contributed by atoms with Crippen LogP contribution in [-0.2, 0) is 15.1 Å². The molecule has 0 spiro atoms. The lowest BCUT2D eigenvalue weighted by atomic mass is 9.85. The predicted octanol–water partition coefficient (Wildman–Crippen LogP) is 3.45. The summed E-state index contributed by atoms with van der Waals surface area (Å²) in [6, 6.07) is 12.8. The minimum Gasteiger partial charge on any atom is -0.493 e. The molecule has 3 rings (SSSR count). The first-order chi connectivity index (χ1) is 13.1. The first kappa shape index (κ1) is 19.4. The van der Waals surface area contributed by atoms with Crippen molar-refractivity contribution in [1.29, 1.82) is 0 Å². The number of hydrogen-bond donors (Lipinski definition) is 1. The van der Waals surface area contributed by atoms with Crippen molar-refractivity contribution in [3.63, 3.8) is 0 Å². The van der Waals surface area contributed by atoms with Gasteiger partial charge in [0.25, 0.3) is 0 Å². The van der Waals surface area contributed by atoms with E-state index in [0.29, 0.717) is 29.7 Å². The summed E-state index contributed by atoms with van der Waals surface area (Å²) in [7, 11) is 3.16. The van der Waals surface area contributed by atoms with E-state index in [-0.39, 0.29) is 12.4 Å². The molecule has 0 aromatic heterocycles. The highest BCUT2D eigenvalue weighted by Crippen LogP contribution is 2.30. The molecule has 0 radical (unpaired) electrons. The van der Waals surface area contributed by atoms with Gasteiger partial charge in [-0.15, -0.1) is 0 Å². The van der Waals surface area contributed by atoms with E-state index in [0.717, 1.165) is 11.1 Å². The summed E-state index contributed by atoms with van der Waals surface area (Å²) in [4.78, 5) is 13.1. The average Bonchev–Trinajstić information content (AvgIpc) is 2.72. The lowest BCUT2D eigenvalue weighted by Crippen LogP contribution is -2.56. The molecular formula is C21H22ClNO4. The Balaban J connectivity index is 1.89. The second kappa shape index (κ2) is 8.57. The van der Waals surface area contributed by atoms with Crippen molar-refractivity contribution in [2.24, 2.45) is 0 Å². The van der Waals surface area contributed by atoms with E-state index < -0.39 is 5.54 Å². The van der Waals surface area contributed by atoms with Crippen LogP contribution in [-0.4, -0.2) is 39.8 Å². The second-order valence-corrected chi connectivity index (χ2v) is 6.64. The van der Waals surface area contributed by atoms with Gasteiger partial charge in [0.05, 0.1) is 27.4 Å². The van der Waals surface area contributed by atoms with Crippen molar-refractivity contribution in [2.45, 2.75) is 5.54 Å². The smallest absolute Gasteiger partial charge is 0.182 e. The molecule has 0 amide bonds. The zero-order chi connectivity index (χ0) is 19.3. The molecule has 27 heavy (non-hydrogen) atoms. The minimum absolute atomic E-state index is 0.0840. The van der Waals surface area contributed by atoms with Crippen LogP contribution in [0.1, 0.15) is 11.1 Å². The van der Waals surface area contributed by atoms with Crippen molar-refractivity contribution in [3.05, 3.63) is 64.7 Å². The zero-order valence-corrected chi connectivity index (χ0v) is 16.1. The summed E-state index contributed by atoms with van der Waals surface area (Å²) in [5.41, 5.74) is 0.744. The number of ketones is 1. The van der Waals surface area contributed by atoms with Crippen molar-refractivity contribution in [3.8, 4) is 11.5 Å². The van der Waals surface area contributed by atoms with Gasteiger partial charge in [0.15, 0.2) is 17.3 Å². The third-order valence-electron chi connectivity index (χ3n) is 4.58. The van der Waals surface area contributed by atoms with Crippen LogP contribution >= 0.6 is 11.6 Å². The van der Waals surface area contributed by atoms with Gasteiger partial charge in [0.1, 0.15) is 5.54 Å². The number of morpholine rings is 1. The Bertz CT molecular complexity index is 827. The van der Waals surface area contributed by atoms with Crippen molar-refractivity contribution >= 4 is 23.5 Å². The number of ether oxygens (including phenoxy) is 3. The van der Waals surface area contributed by atoms with Gasteiger partial charge in [0.2, 0.25) is 0 Å². The van der Waals surface area contributed by atoms with Gasteiger partial charge in [-0.3, -0.25) is 10.1 Å². The van der Waals surface area contributed by atoms with Crippen LogP contribution in [0.5, 0.6) is 11.5 Å². The lowest BCUT2D eigenvalue weighted by molar-refractivity contribution is -0.126. The molecule has 1 unspecified atom stereocenters. The molecule has 2 aromatic rings. The van der Waals surface area contributed by atoms with E-state index in [2.05, 4.69) is 5.32 Å². The van der Waals surface area contributed by atoms with Crippen LogP contribution in [0.15, 0.2) is 48.5 Å². The predicted molar refractivity (Wildman–Crippen MR) is 106 cm³/mol. The molecule has 142 valence electrons. The number of methoxy groups -OCH3 is 2. The molecule has 6 heteroatoms. The van der Waals surface area contributed by atoms with Gasteiger partial charge in [0, 0.05) is 11.6 Å². The van der Waals surface area contributed by atoms with E-state index in [1.165, 1.54) is 0 Å². The maximum Gasteiger partial charge on any atom is 0.182 e. The van der Waals surface area contributed by atoms with E-state index >= 15 is 0 Å². The molecule has 0 aliphatic carbocycles. The molecular weight excluding hydrogens is 366 g/mol. The van der Waals surface area contributed by atoms with Gasteiger partial charge < -0.3 is 14.2 Å². The van der Waals surface area contributed by atoms with E-state index in [4.69, 9.17) is 25.8 Å². The number of carbonyl (C=O) groups excluding carboxylic acids is 1. The van der Waals surface area contributed by atoms with Gasteiger partial charge in [-0.05, 0) is 41.5 Å². The van der Waals surface area contributed by atoms with Crippen LogP contribution in [0, 0.1) is 0 Å². The zero-order valence-electron chi connectivity index (χ0n) is 15.3. The molecule has 2 aromatic carbocycles. The fourth-order valence-electron chi connectivity index (χ4n) is 3.10. The maximum atomic E-state index is 13.1. The molecule has 5 nitrogen and oxygen atoms in total. The molecule has 1 atom stereocenters. The number of carbonyl (C=O) groups is 1. The van der Waals surface area contributed by atoms with Gasteiger partial charge in [-0.1, -0.05) is 35.9 Å². The summed E-state index contributed by atoms with van der Waals surface area (Å²) < 4.78 is 16.2. The fourth-order valence-corrected chi connectivity index (χ4v) is 3.23. The first-order valence-electron chi connectivity index (χ1n) is 8.62. The topological polar surface area (TPSA) is 56.8 Å². The Morgan fingerprint density at radius 2 is 1.89 bits per heavy atom. The van der Waals surface area contributed by atoms with E-state index in [1.54, 1.807) is 44.6 Å². The van der Waals surface area contributed by atoms with Crippen LogP contribution in [0.25, 0.3) is 6.08 Å². The van der Waals surface area contributed by atoms with Crippen LogP contribution < -0.4 is 14.8 Å². The lowest BCUT2D eigenvalue weighted by Gasteiger charge is -2.36. The van der Waals surface area contributed by atoms with Crippen molar-refractivity contribution in [2.75, 3.05) is 34.0 Å². The molecule has 1 aliphatic rings. The maximum absolute atomic E-state index is 13.1. The van der Waals surface area contributed by atoms with Crippen molar-refractivity contribution < 1.29 is 19.0 Å². The summed E-state index contributed by atoms with van der Waals surface area (Å²) in [5, 5.41) is 3.96. The number of rotatable bonds is 6. The first-order valence-corrected chi connectivity index (χ1v) is 9.00.